The van der Waals surface area contributed by atoms with E-state index >= 15 is 0 Å². The van der Waals surface area contributed by atoms with Gasteiger partial charge in [-0.15, -0.1) is 0 Å². The van der Waals surface area contributed by atoms with Crippen LogP contribution in [0.15, 0.2) is 30.7 Å². The molecular weight excluding hydrogens is 114 g/mol. The van der Waals surface area contributed by atoms with Gasteiger partial charge in [0.05, 0.1) is 6.21 Å². The molecule has 0 rings (SSSR count). The molecule has 0 aromatic carbocycles. The van der Waals surface area contributed by atoms with E-state index in [-0.39, 0.29) is 0 Å². The van der Waals surface area contributed by atoms with Gasteiger partial charge in [-0.1, -0.05) is 32.2 Å². The first kappa shape index (κ1) is 10.8. The summed E-state index contributed by atoms with van der Waals surface area (Å²) in [5, 5.41) is 3.35. The number of allylic oxidation sites excluding steroid dienone is 1. The molecule has 0 atom stereocenters. The quantitative estimate of drug-likeness (QED) is 0.324. The molecule has 52 valence electrons. The summed E-state index contributed by atoms with van der Waals surface area (Å²) in [7, 11) is 0. The van der Waals surface area contributed by atoms with Gasteiger partial charge in [0.1, 0.15) is 6.26 Å². The zero-order chi connectivity index (χ0) is 7.54. The van der Waals surface area contributed by atoms with Gasteiger partial charge in [-0.3, -0.25) is 0 Å². The summed E-state index contributed by atoms with van der Waals surface area (Å²) in [6.07, 6.45) is 4.19. The predicted molar refractivity (Wildman–Crippen MR) is 41.3 cm³/mol. The summed E-state index contributed by atoms with van der Waals surface area (Å²) < 4.78 is 0. The van der Waals surface area contributed by atoms with Crippen LogP contribution in [0.4, 0.5) is 0 Å². The molecule has 0 aliphatic rings. The van der Waals surface area contributed by atoms with Crippen molar-refractivity contribution in [1.29, 1.82) is 0 Å². The monoisotopic (exact) mass is 127 g/mol. The molecule has 0 aromatic heterocycles. The Morgan fingerprint density at radius 3 is 2.22 bits per heavy atom. The van der Waals surface area contributed by atoms with Gasteiger partial charge >= 0.3 is 0 Å². The van der Waals surface area contributed by atoms with Crippen molar-refractivity contribution in [2.45, 2.75) is 13.8 Å². The Kier molecular flexibility index (Phi) is 19.0. The molecule has 2 heteroatoms. The summed E-state index contributed by atoms with van der Waals surface area (Å²) in [6.45, 7) is 10.6. The van der Waals surface area contributed by atoms with Gasteiger partial charge in [0.15, 0.2) is 0 Å². The molecule has 0 bridgehead atoms. The molecule has 0 saturated carbocycles. The van der Waals surface area contributed by atoms with E-state index in [2.05, 4.69) is 23.2 Å². The van der Waals surface area contributed by atoms with Gasteiger partial charge < -0.3 is 4.84 Å². The fourth-order valence-corrected chi connectivity index (χ4v) is 0.121. The molecule has 0 saturated heterocycles. The van der Waals surface area contributed by atoms with Crippen LogP contribution in [0.5, 0.6) is 0 Å². The molecule has 0 aliphatic carbocycles. The van der Waals surface area contributed by atoms with Crippen molar-refractivity contribution in [2.24, 2.45) is 5.16 Å². The first-order chi connectivity index (χ1) is 4.41. The molecule has 0 aromatic rings. The standard InChI is InChI=1S/C5H7NO.C2H6/c1-3-5-6-7-4-2;1-2/h3-5H,1-2H2;1-2H3/b6-5-;. The van der Waals surface area contributed by atoms with Crippen molar-refractivity contribution in [1.82, 2.24) is 0 Å². The van der Waals surface area contributed by atoms with Crippen LogP contribution in [-0.2, 0) is 4.84 Å². The van der Waals surface area contributed by atoms with Gasteiger partial charge in [0.25, 0.3) is 0 Å². The van der Waals surface area contributed by atoms with Crippen LogP contribution in [0, 0.1) is 0 Å². The number of rotatable bonds is 3. The Hall–Kier alpha value is -1.05. The number of hydrogen-bond acceptors (Lipinski definition) is 2. The van der Waals surface area contributed by atoms with E-state index < -0.39 is 0 Å². The lowest BCUT2D eigenvalue weighted by molar-refractivity contribution is 0.272. The third-order valence-electron chi connectivity index (χ3n) is 0.302. The fraction of sp³-hybridized carbons (Fsp3) is 0.286. The van der Waals surface area contributed by atoms with Gasteiger partial charge in [-0.2, -0.15) is 0 Å². The smallest absolute Gasteiger partial charge is 0.114 e. The molecule has 0 heterocycles. The van der Waals surface area contributed by atoms with Crippen molar-refractivity contribution < 1.29 is 4.84 Å². The van der Waals surface area contributed by atoms with Crippen LogP contribution >= 0.6 is 0 Å². The van der Waals surface area contributed by atoms with E-state index in [1.54, 1.807) is 0 Å². The normalized spacial score (nSPS) is 7.33. The van der Waals surface area contributed by atoms with Crippen molar-refractivity contribution >= 4 is 6.21 Å². The predicted octanol–water partition coefficient (Wildman–Crippen LogP) is 2.34. The lowest BCUT2D eigenvalue weighted by Gasteiger charge is -1.78. The summed E-state index contributed by atoms with van der Waals surface area (Å²) in [5.41, 5.74) is 0. The van der Waals surface area contributed by atoms with Crippen molar-refractivity contribution in [3.8, 4) is 0 Å². The molecule has 0 fully saturated rings. The maximum atomic E-state index is 4.34. The minimum atomic E-state index is 1.24. The molecule has 0 amide bonds. The summed E-state index contributed by atoms with van der Waals surface area (Å²) in [6, 6.07) is 0. The largest absolute Gasteiger partial charge is 0.365 e. The second-order valence-corrected chi connectivity index (χ2v) is 0.762. The third-order valence-corrected chi connectivity index (χ3v) is 0.302. The molecule has 0 N–H and O–H groups in total. The minimum absolute atomic E-state index is 1.24. The van der Waals surface area contributed by atoms with Crippen LogP contribution < -0.4 is 0 Å². The fourth-order valence-electron chi connectivity index (χ4n) is 0.121. The average molecular weight is 127 g/mol. The first-order valence-electron chi connectivity index (χ1n) is 2.83. The van der Waals surface area contributed by atoms with Gasteiger partial charge in [0.2, 0.25) is 0 Å². The molecule has 0 spiro atoms. The Morgan fingerprint density at radius 2 is 1.89 bits per heavy atom. The number of hydrogen-bond donors (Lipinski definition) is 0. The molecule has 0 aliphatic heterocycles. The van der Waals surface area contributed by atoms with Crippen LogP contribution in [0.25, 0.3) is 0 Å². The van der Waals surface area contributed by atoms with Crippen molar-refractivity contribution in [3.05, 3.63) is 25.5 Å². The van der Waals surface area contributed by atoms with Crippen LogP contribution in [0.1, 0.15) is 13.8 Å². The minimum Gasteiger partial charge on any atom is -0.365 e. The van der Waals surface area contributed by atoms with E-state index in [0.29, 0.717) is 0 Å². The second kappa shape index (κ2) is 15.8. The third kappa shape index (κ3) is 19.6. The van der Waals surface area contributed by atoms with E-state index in [1.807, 2.05) is 13.8 Å². The molecule has 0 unspecified atom stereocenters. The van der Waals surface area contributed by atoms with Crippen molar-refractivity contribution in [3.63, 3.8) is 0 Å². The molecule has 9 heavy (non-hydrogen) atoms. The highest BCUT2D eigenvalue weighted by molar-refractivity contribution is 5.69. The number of oxime groups is 1. The van der Waals surface area contributed by atoms with E-state index in [0.717, 1.165) is 0 Å². The molecular formula is C7H13NO. The zero-order valence-corrected chi connectivity index (χ0v) is 6.00. The zero-order valence-electron chi connectivity index (χ0n) is 6.00. The topological polar surface area (TPSA) is 21.6 Å². The van der Waals surface area contributed by atoms with E-state index in [1.165, 1.54) is 18.6 Å². The molecule has 0 radical (unpaired) electrons. The van der Waals surface area contributed by atoms with Crippen LogP contribution in [0.3, 0.4) is 0 Å². The second-order valence-electron chi connectivity index (χ2n) is 0.762. The molecule has 2 nitrogen and oxygen atoms in total. The maximum absolute atomic E-state index is 4.34. The highest BCUT2D eigenvalue weighted by Crippen LogP contribution is 1.69. The maximum Gasteiger partial charge on any atom is 0.114 e. The average Bonchev–Trinajstić information content (AvgIpc) is 1.94. The number of nitrogens with zero attached hydrogens (tertiary/aromatic N) is 1. The Morgan fingerprint density at radius 1 is 1.33 bits per heavy atom. The Bertz CT molecular complexity index is 86.9. The van der Waals surface area contributed by atoms with Crippen LogP contribution in [0.2, 0.25) is 0 Å². The Labute approximate surface area is 56.5 Å². The highest BCUT2D eigenvalue weighted by Gasteiger charge is 1.56. The summed E-state index contributed by atoms with van der Waals surface area (Å²) in [5.74, 6) is 0. The van der Waals surface area contributed by atoms with E-state index in [9.17, 15) is 0 Å². The van der Waals surface area contributed by atoms with Gasteiger partial charge in [0, 0.05) is 0 Å². The highest BCUT2D eigenvalue weighted by atomic mass is 16.6. The summed E-state index contributed by atoms with van der Waals surface area (Å²) in [4.78, 5) is 4.34. The first-order valence-corrected chi connectivity index (χ1v) is 2.83. The Balaban J connectivity index is 0. The lowest BCUT2D eigenvalue weighted by Crippen LogP contribution is -1.64. The van der Waals surface area contributed by atoms with Crippen molar-refractivity contribution in [2.75, 3.05) is 0 Å². The lowest BCUT2D eigenvalue weighted by atomic mass is 10.7. The van der Waals surface area contributed by atoms with Gasteiger partial charge in [-0.25, -0.2) is 0 Å². The summed E-state index contributed by atoms with van der Waals surface area (Å²) >= 11 is 0. The van der Waals surface area contributed by atoms with E-state index in [4.69, 9.17) is 0 Å². The van der Waals surface area contributed by atoms with Crippen LogP contribution in [-0.4, -0.2) is 6.21 Å². The SMILES string of the molecule is C=C/C=N\OC=C.CC. The van der Waals surface area contributed by atoms with Gasteiger partial charge in [-0.05, 0) is 6.08 Å².